The molecular formula is C24H29NO3. The lowest BCUT2D eigenvalue weighted by atomic mass is 9.93. The van der Waals surface area contributed by atoms with E-state index in [1.807, 2.05) is 18.2 Å². The van der Waals surface area contributed by atoms with Crippen LogP contribution in [0.3, 0.4) is 0 Å². The fourth-order valence-corrected chi connectivity index (χ4v) is 4.27. The Labute approximate surface area is 167 Å². The maximum atomic E-state index is 6.13. The van der Waals surface area contributed by atoms with Crippen LogP contribution in [0.2, 0.25) is 0 Å². The van der Waals surface area contributed by atoms with E-state index < -0.39 is 0 Å². The number of fused-ring (bicyclic) bond motifs is 1. The van der Waals surface area contributed by atoms with Crippen molar-refractivity contribution in [2.24, 2.45) is 5.92 Å². The Kier molecular flexibility index (Phi) is 5.87. The van der Waals surface area contributed by atoms with Gasteiger partial charge in [-0.2, -0.15) is 0 Å². The van der Waals surface area contributed by atoms with Gasteiger partial charge in [0.2, 0.25) is 0 Å². The highest BCUT2D eigenvalue weighted by Crippen LogP contribution is 2.40. The largest absolute Gasteiger partial charge is 0.496 e. The predicted molar refractivity (Wildman–Crippen MR) is 112 cm³/mol. The van der Waals surface area contributed by atoms with Crippen LogP contribution in [0.1, 0.15) is 24.8 Å². The van der Waals surface area contributed by atoms with Gasteiger partial charge in [0.15, 0.2) is 11.5 Å². The second-order valence-electron chi connectivity index (χ2n) is 7.60. The summed E-state index contributed by atoms with van der Waals surface area (Å²) >= 11 is 0. The molecule has 2 aromatic rings. The number of rotatable bonds is 5. The first-order chi connectivity index (χ1) is 13.8. The number of methoxy groups -OCH3 is 2. The number of nitrogens with zero attached hydrogens (tertiary/aromatic N) is 1. The van der Waals surface area contributed by atoms with Crippen LogP contribution in [-0.2, 0) is 6.54 Å². The summed E-state index contributed by atoms with van der Waals surface area (Å²) in [6.45, 7) is 3.64. The predicted octanol–water partition coefficient (Wildman–Crippen LogP) is 4.92. The Balaban J connectivity index is 1.65. The van der Waals surface area contributed by atoms with Gasteiger partial charge in [0, 0.05) is 30.8 Å². The Hall–Kier alpha value is -2.46. The molecule has 1 atom stereocenters. The van der Waals surface area contributed by atoms with Crippen molar-refractivity contribution in [1.82, 2.24) is 4.90 Å². The SMILES string of the molecule is COc1ccccc1-c1cc2c(c(OC)c1)OCCN(CC1CC=CCC1)C2. The molecule has 148 valence electrons. The molecule has 0 N–H and O–H groups in total. The first kappa shape index (κ1) is 18.9. The van der Waals surface area contributed by atoms with Crippen molar-refractivity contribution in [3.63, 3.8) is 0 Å². The topological polar surface area (TPSA) is 30.9 Å². The zero-order chi connectivity index (χ0) is 19.3. The lowest BCUT2D eigenvalue weighted by molar-refractivity contribution is 0.191. The molecule has 2 aromatic carbocycles. The number of para-hydroxylation sites is 1. The van der Waals surface area contributed by atoms with Gasteiger partial charge in [-0.1, -0.05) is 30.4 Å². The minimum absolute atomic E-state index is 0.694. The first-order valence-corrected chi connectivity index (χ1v) is 10.1. The molecule has 0 radical (unpaired) electrons. The van der Waals surface area contributed by atoms with Gasteiger partial charge in [-0.05, 0) is 48.9 Å². The first-order valence-electron chi connectivity index (χ1n) is 10.1. The van der Waals surface area contributed by atoms with Crippen LogP contribution in [-0.4, -0.2) is 38.8 Å². The highest BCUT2D eigenvalue weighted by molar-refractivity contribution is 5.74. The maximum Gasteiger partial charge on any atom is 0.165 e. The summed E-state index contributed by atoms with van der Waals surface area (Å²) in [5.41, 5.74) is 3.35. The number of ether oxygens (including phenoxy) is 3. The highest BCUT2D eigenvalue weighted by atomic mass is 16.5. The minimum atomic E-state index is 0.694. The second-order valence-corrected chi connectivity index (χ2v) is 7.60. The molecule has 0 aromatic heterocycles. The minimum Gasteiger partial charge on any atom is -0.496 e. The summed E-state index contributed by atoms with van der Waals surface area (Å²) in [6, 6.07) is 12.4. The molecule has 2 aliphatic rings. The summed E-state index contributed by atoms with van der Waals surface area (Å²) in [5, 5.41) is 0. The monoisotopic (exact) mass is 379 g/mol. The van der Waals surface area contributed by atoms with Crippen molar-refractivity contribution in [3.8, 4) is 28.4 Å². The number of benzene rings is 2. The van der Waals surface area contributed by atoms with Gasteiger partial charge in [0.05, 0.1) is 14.2 Å². The van der Waals surface area contributed by atoms with Crippen LogP contribution in [0.5, 0.6) is 17.2 Å². The smallest absolute Gasteiger partial charge is 0.165 e. The van der Waals surface area contributed by atoms with E-state index >= 15 is 0 Å². The second kappa shape index (κ2) is 8.70. The van der Waals surface area contributed by atoms with Crippen LogP contribution >= 0.6 is 0 Å². The van der Waals surface area contributed by atoms with Gasteiger partial charge in [0.1, 0.15) is 12.4 Å². The van der Waals surface area contributed by atoms with E-state index in [1.165, 1.54) is 24.8 Å². The van der Waals surface area contributed by atoms with Crippen LogP contribution in [0.15, 0.2) is 48.6 Å². The molecule has 1 unspecified atom stereocenters. The third-order valence-electron chi connectivity index (χ3n) is 5.71. The van der Waals surface area contributed by atoms with Crippen LogP contribution < -0.4 is 14.2 Å². The zero-order valence-corrected chi connectivity index (χ0v) is 16.8. The number of hydrogen-bond donors (Lipinski definition) is 0. The number of allylic oxidation sites excluding steroid dienone is 2. The van der Waals surface area contributed by atoms with Crippen molar-refractivity contribution in [2.45, 2.75) is 25.8 Å². The summed E-state index contributed by atoms with van der Waals surface area (Å²) < 4.78 is 17.4. The summed E-state index contributed by atoms with van der Waals surface area (Å²) in [4.78, 5) is 2.53. The normalized spacial score (nSPS) is 19.4. The van der Waals surface area contributed by atoms with Crippen LogP contribution in [0.25, 0.3) is 11.1 Å². The molecular weight excluding hydrogens is 350 g/mol. The molecule has 0 saturated heterocycles. The third-order valence-corrected chi connectivity index (χ3v) is 5.71. The fourth-order valence-electron chi connectivity index (χ4n) is 4.27. The zero-order valence-electron chi connectivity index (χ0n) is 16.8. The van der Waals surface area contributed by atoms with E-state index in [9.17, 15) is 0 Å². The van der Waals surface area contributed by atoms with Gasteiger partial charge in [-0.25, -0.2) is 0 Å². The van der Waals surface area contributed by atoms with Gasteiger partial charge in [0.25, 0.3) is 0 Å². The molecule has 0 amide bonds. The Morgan fingerprint density at radius 2 is 1.93 bits per heavy atom. The van der Waals surface area contributed by atoms with Crippen LogP contribution in [0, 0.1) is 5.92 Å². The molecule has 1 aliphatic carbocycles. The van der Waals surface area contributed by atoms with E-state index in [-0.39, 0.29) is 0 Å². The van der Waals surface area contributed by atoms with Crippen molar-refractivity contribution in [3.05, 3.63) is 54.1 Å². The van der Waals surface area contributed by atoms with Crippen LogP contribution in [0.4, 0.5) is 0 Å². The quantitative estimate of drug-likeness (QED) is 0.690. The molecule has 4 heteroatoms. The van der Waals surface area contributed by atoms with E-state index in [0.717, 1.165) is 53.9 Å². The maximum absolute atomic E-state index is 6.13. The van der Waals surface area contributed by atoms with Gasteiger partial charge in [-0.15, -0.1) is 0 Å². The molecule has 1 heterocycles. The van der Waals surface area contributed by atoms with Crippen molar-refractivity contribution < 1.29 is 14.2 Å². The van der Waals surface area contributed by atoms with E-state index in [0.29, 0.717) is 6.61 Å². The average molecular weight is 380 g/mol. The Bertz CT molecular complexity index is 846. The number of hydrogen-bond acceptors (Lipinski definition) is 4. The van der Waals surface area contributed by atoms with Gasteiger partial charge < -0.3 is 14.2 Å². The summed E-state index contributed by atoms with van der Waals surface area (Å²) in [5.74, 6) is 3.28. The lowest BCUT2D eigenvalue weighted by Gasteiger charge is -2.26. The standard InChI is InChI=1S/C24H29NO3/c1-26-22-11-7-6-10-21(22)19-14-20-17-25(16-18-8-4-3-5-9-18)12-13-28-24(20)23(15-19)27-2/h3-4,6-7,10-11,14-15,18H,5,8-9,12-13,16-17H2,1-2H3. The lowest BCUT2D eigenvalue weighted by Crippen LogP contribution is -2.31. The van der Waals surface area contributed by atoms with E-state index in [4.69, 9.17) is 14.2 Å². The Morgan fingerprint density at radius 1 is 1.07 bits per heavy atom. The molecule has 4 nitrogen and oxygen atoms in total. The van der Waals surface area contributed by atoms with E-state index in [2.05, 4.69) is 35.3 Å². The molecule has 1 aliphatic heterocycles. The van der Waals surface area contributed by atoms with Gasteiger partial charge in [-0.3, -0.25) is 4.90 Å². The Morgan fingerprint density at radius 3 is 2.71 bits per heavy atom. The van der Waals surface area contributed by atoms with Crippen molar-refractivity contribution >= 4 is 0 Å². The van der Waals surface area contributed by atoms with Crippen molar-refractivity contribution in [1.29, 1.82) is 0 Å². The van der Waals surface area contributed by atoms with Crippen molar-refractivity contribution in [2.75, 3.05) is 33.9 Å². The van der Waals surface area contributed by atoms with E-state index in [1.54, 1.807) is 14.2 Å². The van der Waals surface area contributed by atoms with Gasteiger partial charge >= 0.3 is 0 Å². The highest BCUT2D eigenvalue weighted by Gasteiger charge is 2.23. The molecule has 0 fully saturated rings. The summed E-state index contributed by atoms with van der Waals surface area (Å²) in [7, 11) is 3.42. The fraction of sp³-hybridized carbons (Fsp3) is 0.417. The molecule has 4 rings (SSSR count). The molecule has 0 saturated carbocycles. The molecule has 0 bridgehead atoms. The molecule has 28 heavy (non-hydrogen) atoms. The average Bonchev–Trinajstić information content (AvgIpc) is 2.95. The summed E-state index contributed by atoms with van der Waals surface area (Å²) in [6.07, 6.45) is 8.32. The molecule has 0 spiro atoms. The third kappa shape index (κ3) is 4.02.